The van der Waals surface area contributed by atoms with E-state index in [-0.39, 0.29) is 12.2 Å². The van der Waals surface area contributed by atoms with Gasteiger partial charge in [-0.05, 0) is 74.4 Å². The normalized spacial score (nSPS) is 20.0. The fraction of sp³-hybridized carbons (Fsp3) is 0.600. The van der Waals surface area contributed by atoms with Crippen molar-refractivity contribution >= 4 is 44.5 Å². The summed E-state index contributed by atoms with van der Waals surface area (Å²) < 4.78 is 81.3. The van der Waals surface area contributed by atoms with Crippen molar-refractivity contribution in [2.75, 3.05) is 27.0 Å². The number of aliphatic hydroxyl groups excluding tert-OH is 2. The average Bonchev–Trinajstić information content (AvgIpc) is 3.67. The first-order chi connectivity index (χ1) is 27.2. The van der Waals surface area contributed by atoms with E-state index in [0.717, 1.165) is 21.4 Å². The van der Waals surface area contributed by atoms with Crippen molar-refractivity contribution in [2.45, 2.75) is 93.4 Å². The largest absolute Gasteiger partial charge is 0.489 e. The molecule has 1 aromatic carbocycles. The van der Waals surface area contributed by atoms with Gasteiger partial charge in [0.2, 0.25) is 20.4 Å². The molecule has 1 aliphatic heterocycles. The fourth-order valence-corrected chi connectivity index (χ4v) is 7.47. The first-order valence-electron chi connectivity index (χ1n) is 17.9. The minimum atomic E-state index is -5.38. The summed E-state index contributed by atoms with van der Waals surface area (Å²) in [5, 5.41) is 26.4. The summed E-state index contributed by atoms with van der Waals surface area (Å²) in [6, 6.07) is 7.76. The maximum absolute atomic E-state index is 14.1. The highest BCUT2D eigenvalue weighted by atomic mass is 31.3. The van der Waals surface area contributed by atoms with Crippen LogP contribution in [-0.2, 0) is 71.4 Å². The standard InChI is InChI=1S/C35H49N3O19P2/c1-33(2,3)29(42)48-18-52-58(46,57-59(47,53-19-49-30(43)34(4,5)6)54-20-50-31(44)35(7,8)9)51-17-24-26(40)27(41)28(55-24)37-15-14-25(39)38(32(37)45)16-22-21-12-10-11-13-23(21)56-36-22/h10-15,24,26-28,40-41H,16-20H2,1-9H3/t24-,26+,27+,28-,58?/m1/s1. The predicted molar refractivity (Wildman–Crippen MR) is 201 cm³/mol. The number of carbonyl (C=O) groups is 3. The molecule has 328 valence electrons. The minimum absolute atomic E-state index is 0.255. The number of phosphoric ester groups is 2. The van der Waals surface area contributed by atoms with Crippen LogP contribution < -0.4 is 11.2 Å². The van der Waals surface area contributed by atoms with Gasteiger partial charge >= 0.3 is 39.2 Å². The maximum Gasteiger partial charge on any atom is 0.489 e. The van der Waals surface area contributed by atoms with Crippen molar-refractivity contribution in [3.8, 4) is 0 Å². The van der Waals surface area contributed by atoms with E-state index in [4.69, 9.17) is 45.9 Å². The molecule has 1 aliphatic rings. The van der Waals surface area contributed by atoms with Crippen molar-refractivity contribution < 1.29 is 79.6 Å². The molecule has 0 amide bonds. The summed E-state index contributed by atoms with van der Waals surface area (Å²) in [6.07, 6.45) is -6.00. The zero-order chi connectivity index (χ0) is 44.1. The summed E-state index contributed by atoms with van der Waals surface area (Å²) in [6.45, 7) is 8.89. The number of benzene rings is 1. The van der Waals surface area contributed by atoms with E-state index in [1.807, 2.05) is 0 Å². The van der Waals surface area contributed by atoms with Crippen molar-refractivity contribution in [1.29, 1.82) is 0 Å². The van der Waals surface area contributed by atoms with Gasteiger partial charge in [-0.15, -0.1) is 0 Å². The van der Waals surface area contributed by atoms with Gasteiger partial charge in [-0.25, -0.2) is 27.5 Å². The molecule has 0 saturated carbocycles. The highest BCUT2D eigenvalue weighted by Crippen LogP contribution is 2.66. The van der Waals surface area contributed by atoms with Crippen LogP contribution in [0.1, 0.15) is 74.2 Å². The Kier molecular flexibility index (Phi) is 15.1. The molecule has 5 atom stereocenters. The number of para-hydroxylation sites is 1. The Balaban J connectivity index is 1.58. The molecule has 0 aliphatic carbocycles. The summed E-state index contributed by atoms with van der Waals surface area (Å²) in [7, 11) is -10.7. The van der Waals surface area contributed by atoms with E-state index in [1.54, 1.807) is 24.3 Å². The third-order valence-electron chi connectivity index (χ3n) is 8.10. The van der Waals surface area contributed by atoms with Crippen molar-refractivity contribution in [3.63, 3.8) is 0 Å². The summed E-state index contributed by atoms with van der Waals surface area (Å²) in [5.41, 5.74) is -4.21. The number of rotatable bonds is 17. The van der Waals surface area contributed by atoms with Crippen molar-refractivity contribution in [3.05, 3.63) is 63.1 Å². The highest BCUT2D eigenvalue weighted by Gasteiger charge is 2.48. The van der Waals surface area contributed by atoms with Crippen LogP contribution in [0, 0.1) is 16.2 Å². The van der Waals surface area contributed by atoms with Crippen LogP contribution in [0.4, 0.5) is 0 Å². The number of nitrogens with zero attached hydrogens (tertiary/aromatic N) is 3. The predicted octanol–water partition coefficient (Wildman–Crippen LogP) is 3.76. The summed E-state index contributed by atoms with van der Waals surface area (Å²) >= 11 is 0. The molecule has 3 heterocycles. The van der Waals surface area contributed by atoms with Crippen LogP contribution in [0.15, 0.2) is 50.6 Å². The molecule has 0 radical (unpaired) electrons. The van der Waals surface area contributed by atoms with Crippen LogP contribution in [0.25, 0.3) is 11.0 Å². The smallest absolute Gasteiger partial charge is 0.437 e. The van der Waals surface area contributed by atoms with Crippen LogP contribution in [-0.4, -0.2) is 87.7 Å². The molecule has 0 bridgehead atoms. The monoisotopic (exact) mass is 877 g/mol. The third kappa shape index (κ3) is 12.5. The molecule has 59 heavy (non-hydrogen) atoms. The quantitative estimate of drug-likeness (QED) is 0.0845. The molecular formula is C35H49N3O19P2. The van der Waals surface area contributed by atoms with Gasteiger partial charge in [0.15, 0.2) is 11.8 Å². The number of esters is 3. The topological polar surface area (TPSA) is 279 Å². The second-order valence-electron chi connectivity index (χ2n) is 16.2. The first-order valence-corrected chi connectivity index (χ1v) is 20.8. The third-order valence-corrected chi connectivity index (χ3v) is 11.4. The zero-order valence-corrected chi connectivity index (χ0v) is 35.7. The number of fused-ring (bicyclic) bond motifs is 1. The number of ether oxygens (including phenoxy) is 4. The zero-order valence-electron chi connectivity index (χ0n) is 33.9. The Hall–Kier alpha value is -4.08. The molecule has 2 N–H and O–H groups in total. The molecule has 0 spiro atoms. The molecule has 24 heteroatoms. The molecule has 1 unspecified atom stereocenters. The lowest BCUT2D eigenvalue weighted by molar-refractivity contribution is -0.163. The Morgan fingerprint density at radius 3 is 1.75 bits per heavy atom. The average molecular weight is 878 g/mol. The van der Waals surface area contributed by atoms with Crippen molar-refractivity contribution in [2.24, 2.45) is 16.2 Å². The maximum atomic E-state index is 14.1. The van der Waals surface area contributed by atoms with Crippen LogP contribution in [0.2, 0.25) is 0 Å². The summed E-state index contributed by atoms with van der Waals surface area (Å²) in [4.78, 5) is 63.5. The minimum Gasteiger partial charge on any atom is -0.437 e. The number of hydrogen-bond donors (Lipinski definition) is 2. The lowest BCUT2D eigenvalue weighted by Gasteiger charge is -2.25. The first kappa shape index (κ1) is 47.6. The lowest BCUT2D eigenvalue weighted by atomic mass is 9.98. The molecule has 4 rings (SSSR count). The van der Waals surface area contributed by atoms with E-state index in [0.29, 0.717) is 11.0 Å². The second kappa shape index (κ2) is 18.7. The van der Waals surface area contributed by atoms with E-state index in [9.17, 15) is 43.3 Å². The van der Waals surface area contributed by atoms with E-state index in [1.165, 1.54) is 62.3 Å². The number of hydrogen-bond acceptors (Lipinski definition) is 20. The molecule has 3 aromatic rings. The van der Waals surface area contributed by atoms with Gasteiger partial charge in [-0.2, -0.15) is 4.31 Å². The lowest BCUT2D eigenvalue weighted by Crippen LogP contribution is -2.43. The van der Waals surface area contributed by atoms with Crippen molar-refractivity contribution in [1.82, 2.24) is 14.3 Å². The number of phosphoric acid groups is 2. The van der Waals surface area contributed by atoms with Gasteiger partial charge < -0.3 is 33.7 Å². The van der Waals surface area contributed by atoms with Crippen LogP contribution in [0.5, 0.6) is 0 Å². The van der Waals surface area contributed by atoms with Gasteiger partial charge in [0, 0.05) is 17.6 Å². The van der Waals surface area contributed by atoms with Crippen LogP contribution >= 0.6 is 15.6 Å². The van der Waals surface area contributed by atoms with Gasteiger partial charge in [-0.3, -0.25) is 32.8 Å². The number of aliphatic hydroxyl groups is 2. The van der Waals surface area contributed by atoms with E-state index in [2.05, 4.69) is 5.16 Å². The molecule has 2 aromatic heterocycles. The van der Waals surface area contributed by atoms with Gasteiger partial charge in [0.1, 0.15) is 24.0 Å². The molecule has 1 saturated heterocycles. The second-order valence-corrected chi connectivity index (χ2v) is 19.6. The Labute approximate surface area is 337 Å². The van der Waals surface area contributed by atoms with Crippen LogP contribution in [0.3, 0.4) is 0 Å². The fourth-order valence-electron chi connectivity index (χ4n) is 4.71. The molecular weight excluding hydrogens is 828 g/mol. The number of aromatic nitrogens is 3. The van der Waals surface area contributed by atoms with E-state index < -0.39 is 113 Å². The van der Waals surface area contributed by atoms with Gasteiger partial charge in [0.25, 0.3) is 5.56 Å². The Bertz CT molecular complexity index is 2160. The Morgan fingerprint density at radius 1 is 0.746 bits per heavy atom. The SMILES string of the molecule is CC(C)(C)C(=O)OCOP(=O)(OCOC(=O)C(C)(C)C)OP(=O)(OCOC(=O)C(C)(C)C)OC[C@H]1O[C@@H](n2ccc(=O)n(Cc3noc4ccccc34)c2=O)[C@@H](O)[C@H]1O. The van der Waals surface area contributed by atoms with Gasteiger partial charge in [0.05, 0.1) is 29.4 Å². The Morgan fingerprint density at radius 2 is 1.24 bits per heavy atom. The van der Waals surface area contributed by atoms with Gasteiger partial charge in [-0.1, -0.05) is 17.3 Å². The van der Waals surface area contributed by atoms with E-state index >= 15 is 0 Å². The molecule has 1 fully saturated rings. The molecule has 22 nitrogen and oxygen atoms in total. The summed E-state index contributed by atoms with van der Waals surface area (Å²) in [5.74, 6) is -2.49. The number of carbonyl (C=O) groups excluding carboxylic acids is 3. The highest BCUT2D eigenvalue weighted by molar-refractivity contribution is 7.62.